The van der Waals surface area contributed by atoms with Gasteiger partial charge >= 0.3 is 0 Å². The highest BCUT2D eigenvalue weighted by Gasteiger charge is 2.36. The maximum absolute atomic E-state index is 11.7. The van der Waals surface area contributed by atoms with E-state index in [2.05, 4.69) is 82.2 Å². The number of anilines is 8. The number of nitrogens with zero attached hydrogens (tertiary/aromatic N) is 6. The van der Waals surface area contributed by atoms with Crippen LogP contribution in [0.25, 0.3) is 0 Å². The summed E-state index contributed by atoms with van der Waals surface area (Å²) in [7, 11) is 4.14. The van der Waals surface area contributed by atoms with E-state index in [1.165, 1.54) is 0 Å². The molecule has 0 aromatic heterocycles. The second-order valence-electron chi connectivity index (χ2n) is 13.1. The molecule has 0 radical (unpaired) electrons. The van der Waals surface area contributed by atoms with Gasteiger partial charge in [0.2, 0.25) is 0 Å². The Bertz CT molecular complexity index is 2040. The van der Waals surface area contributed by atoms with Crippen molar-refractivity contribution in [2.24, 2.45) is 0 Å². The number of benzene rings is 6. The van der Waals surface area contributed by atoms with Crippen LogP contribution >= 0.6 is 0 Å². The standard InChI is InChI=1S/C42H36N6O4/c1-43-35-11-3-7-15-39(35)45(40-16-8-4-12-36(40)43)33(29-19-23-31(24-20-29)47(49)50)27-28-34(30-21-25-32(26-22-30)48(51)52)46-41-17-9-5-13-37(41)44(2)38-14-6-10-18-42(38)46/h3-26,33-34H,27-28H2,1-2H3. The lowest BCUT2D eigenvalue weighted by atomic mass is 9.90. The zero-order valence-electron chi connectivity index (χ0n) is 28.7. The van der Waals surface area contributed by atoms with Gasteiger partial charge in [-0.05, 0) is 72.5 Å². The van der Waals surface area contributed by atoms with E-state index in [1.807, 2.05) is 72.8 Å². The summed E-state index contributed by atoms with van der Waals surface area (Å²) in [5.41, 5.74) is 10.3. The number of non-ortho nitro benzene ring substituents is 2. The van der Waals surface area contributed by atoms with Crippen molar-refractivity contribution in [1.29, 1.82) is 0 Å². The maximum Gasteiger partial charge on any atom is 0.269 e. The molecule has 0 amide bonds. The quantitative estimate of drug-likeness (QED) is 0.109. The van der Waals surface area contributed by atoms with Crippen molar-refractivity contribution >= 4 is 56.9 Å². The van der Waals surface area contributed by atoms with Crippen LogP contribution in [-0.2, 0) is 0 Å². The highest BCUT2D eigenvalue weighted by atomic mass is 16.6. The molecule has 0 aliphatic carbocycles. The van der Waals surface area contributed by atoms with Crippen molar-refractivity contribution in [3.63, 3.8) is 0 Å². The van der Waals surface area contributed by atoms with E-state index in [4.69, 9.17) is 0 Å². The lowest BCUT2D eigenvalue weighted by Gasteiger charge is -2.45. The number of para-hydroxylation sites is 8. The van der Waals surface area contributed by atoms with Crippen LogP contribution in [0.3, 0.4) is 0 Å². The number of nitro benzene ring substituents is 2. The molecule has 0 saturated heterocycles. The molecule has 2 heterocycles. The molecule has 0 N–H and O–H groups in total. The normalized spacial score (nSPS) is 14.1. The van der Waals surface area contributed by atoms with Gasteiger partial charge in [-0.3, -0.25) is 20.2 Å². The van der Waals surface area contributed by atoms with Crippen molar-refractivity contribution in [3.8, 4) is 0 Å². The van der Waals surface area contributed by atoms with Crippen LogP contribution in [-0.4, -0.2) is 23.9 Å². The second kappa shape index (κ2) is 13.2. The smallest absolute Gasteiger partial charge is 0.269 e. The second-order valence-corrected chi connectivity index (χ2v) is 13.1. The monoisotopic (exact) mass is 688 g/mol. The Labute approximate surface area is 301 Å². The molecule has 8 rings (SSSR count). The Morgan fingerprint density at radius 3 is 0.923 bits per heavy atom. The number of hydrogen-bond donors (Lipinski definition) is 0. The molecule has 258 valence electrons. The minimum Gasteiger partial charge on any atom is -0.341 e. The first-order chi connectivity index (χ1) is 25.3. The number of nitro groups is 2. The van der Waals surface area contributed by atoms with E-state index in [0.29, 0.717) is 12.8 Å². The molecule has 6 aromatic rings. The molecule has 10 nitrogen and oxygen atoms in total. The highest BCUT2D eigenvalue weighted by Crippen LogP contribution is 2.54. The van der Waals surface area contributed by atoms with Crippen LogP contribution in [0.15, 0.2) is 146 Å². The van der Waals surface area contributed by atoms with Crippen molar-refractivity contribution in [2.75, 3.05) is 33.7 Å². The van der Waals surface area contributed by atoms with Gasteiger partial charge in [-0.2, -0.15) is 0 Å². The summed E-state index contributed by atoms with van der Waals surface area (Å²) in [4.78, 5) is 31.8. The zero-order valence-corrected chi connectivity index (χ0v) is 28.7. The maximum atomic E-state index is 11.7. The molecule has 0 spiro atoms. The fourth-order valence-electron chi connectivity index (χ4n) is 7.84. The third-order valence-electron chi connectivity index (χ3n) is 10.3. The third kappa shape index (κ3) is 5.54. The van der Waals surface area contributed by atoms with Gasteiger partial charge in [0.1, 0.15) is 0 Å². The largest absolute Gasteiger partial charge is 0.341 e. The van der Waals surface area contributed by atoms with Crippen LogP contribution in [0.5, 0.6) is 0 Å². The highest BCUT2D eigenvalue weighted by molar-refractivity contribution is 5.94. The van der Waals surface area contributed by atoms with E-state index in [-0.39, 0.29) is 33.3 Å². The van der Waals surface area contributed by atoms with Gasteiger partial charge < -0.3 is 19.6 Å². The van der Waals surface area contributed by atoms with Gasteiger partial charge in [-0.15, -0.1) is 0 Å². The Morgan fingerprint density at radius 1 is 0.423 bits per heavy atom. The van der Waals surface area contributed by atoms with E-state index in [0.717, 1.165) is 56.6 Å². The average molecular weight is 689 g/mol. The first kappa shape index (κ1) is 32.5. The Hall–Kier alpha value is -6.68. The fraction of sp³-hybridized carbons (Fsp3) is 0.143. The van der Waals surface area contributed by atoms with Crippen LogP contribution in [0.4, 0.5) is 56.9 Å². The molecule has 2 atom stereocenters. The van der Waals surface area contributed by atoms with Gasteiger partial charge in [0, 0.05) is 38.4 Å². The zero-order chi connectivity index (χ0) is 35.9. The molecule has 0 saturated carbocycles. The van der Waals surface area contributed by atoms with E-state index < -0.39 is 0 Å². The molecular formula is C42H36N6O4. The van der Waals surface area contributed by atoms with Crippen LogP contribution in [0.1, 0.15) is 36.1 Å². The van der Waals surface area contributed by atoms with Crippen molar-refractivity contribution < 1.29 is 9.85 Å². The summed E-state index contributed by atoms with van der Waals surface area (Å²) in [6.45, 7) is 0. The Kier molecular flexibility index (Phi) is 8.27. The number of fused-ring (bicyclic) bond motifs is 4. The molecule has 52 heavy (non-hydrogen) atoms. The van der Waals surface area contributed by atoms with Gasteiger partial charge in [-0.25, -0.2) is 0 Å². The summed E-state index contributed by atoms with van der Waals surface area (Å²) >= 11 is 0. The number of rotatable bonds is 9. The topological polar surface area (TPSA) is 99.2 Å². The lowest BCUT2D eigenvalue weighted by Crippen LogP contribution is -2.33. The minimum absolute atomic E-state index is 0.0380. The first-order valence-corrected chi connectivity index (χ1v) is 17.2. The van der Waals surface area contributed by atoms with Gasteiger partial charge in [0.05, 0.1) is 67.4 Å². The van der Waals surface area contributed by atoms with Crippen LogP contribution < -0.4 is 19.6 Å². The molecule has 2 aliphatic heterocycles. The van der Waals surface area contributed by atoms with E-state index in [1.54, 1.807) is 24.3 Å². The molecular weight excluding hydrogens is 653 g/mol. The molecule has 0 fully saturated rings. The Morgan fingerprint density at radius 2 is 0.673 bits per heavy atom. The molecule has 2 unspecified atom stereocenters. The predicted molar refractivity (Wildman–Crippen MR) is 207 cm³/mol. The summed E-state index contributed by atoms with van der Waals surface area (Å²) in [5, 5.41) is 23.4. The summed E-state index contributed by atoms with van der Waals surface area (Å²) in [6.07, 6.45) is 1.28. The summed E-state index contributed by atoms with van der Waals surface area (Å²) < 4.78 is 0. The Balaban J connectivity index is 1.29. The minimum atomic E-state index is -0.369. The van der Waals surface area contributed by atoms with Crippen molar-refractivity contribution in [2.45, 2.75) is 24.9 Å². The third-order valence-corrected chi connectivity index (χ3v) is 10.3. The number of hydrogen-bond acceptors (Lipinski definition) is 8. The van der Waals surface area contributed by atoms with Crippen molar-refractivity contribution in [3.05, 3.63) is 177 Å². The molecule has 0 bridgehead atoms. The molecule has 10 heteroatoms. The van der Waals surface area contributed by atoms with E-state index >= 15 is 0 Å². The van der Waals surface area contributed by atoms with Crippen molar-refractivity contribution in [1.82, 2.24) is 0 Å². The van der Waals surface area contributed by atoms with E-state index in [9.17, 15) is 20.2 Å². The predicted octanol–water partition coefficient (Wildman–Crippen LogP) is 10.9. The van der Waals surface area contributed by atoms with Gasteiger partial charge in [0.15, 0.2) is 0 Å². The van der Waals surface area contributed by atoms with Crippen LogP contribution in [0, 0.1) is 20.2 Å². The van der Waals surface area contributed by atoms with Crippen LogP contribution in [0.2, 0.25) is 0 Å². The SMILES string of the molecule is CN1c2ccccc2N(C(CCC(c2ccc([N+](=O)[O-])cc2)N2c3ccccc3N(C)c3ccccc32)c2ccc([N+](=O)[O-])cc2)c2ccccc21. The fourth-order valence-corrected chi connectivity index (χ4v) is 7.84. The first-order valence-electron chi connectivity index (χ1n) is 17.2. The van der Waals surface area contributed by atoms with Gasteiger partial charge in [-0.1, -0.05) is 72.8 Å². The molecule has 6 aromatic carbocycles. The summed E-state index contributed by atoms with van der Waals surface area (Å²) in [5.74, 6) is 0. The molecule has 2 aliphatic rings. The summed E-state index contributed by atoms with van der Waals surface area (Å²) in [6, 6.07) is 46.6. The lowest BCUT2D eigenvalue weighted by molar-refractivity contribution is -0.385. The average Bonchev–Trinajstić information content (AvgIpc) is 3.18. The van der Waals surface area contributed by atoms with Gasteiger partial charge in [0.25, 0.3) is 11.4 Å².